The zero-order valence-electron chi connectivity index (χ0n) is 12.0. The van der Waals surface area contributed by atoms with Gasteiger partial charge in [-0.15, -0.1) is 0 Å². The Bertz CT molecular complexity index is 740. The fraction of sp³-hybridized carbons (Fsp3) is 0.429. The number of aromatic amines is 1. The van der Waals surface area contributed by atoms with Crippen molar-refractivity contribution in [2.75, 3.05) is 13.1 Å². The van der Waals surface area contributed by atoms with Gasteiger partial charge >= 0.3 is 0 Å². The van der Waals surface area contributed by atoms with Crippen molar-refractivity contribution in [1.29, 1.82) is 0 Å². The van der Waals surface area contributed by atoms with Crippen molar-refractivity contribution in [3.63, 3.8) is 0 Å². The Morgan fingerprint density at radius 3 is 3.00 bits per heavy atom. The van der Waals surface area contributed by atoms with Crippen molar-refractivity contribution < 1.29 is 14.8 Å². The van der Waals surface area contributed by atoms with Crippen molar-refractivity contribution in [1.82, 2.24) is 15.1 Å². The molecule has 8 nitrogen and oxygen atoms in total. The molecule has 22 heavy (non-hydrogen) atoms. The van der Waals surface area contributed by atoms with Crippen LogP contribution in [-0.2, 0) is 0 Å². The number of carbonyl (C=O) groups excluding carboxylic acids is 1. The lowest BCUT2D eigenvalue weighted by atomic mass is 10.0. The maximum absolute atomic E-state index is 12.6. The molecule has 116 valence electrons. The summed E-state index contributed by atoms with van der Waals surface area (Å²) >= 11 is 0. The van der Waals surface area contributed by atoms with Gasteiger partial charge in [0.15, 0.2) is 5.69 Å². The van der Waals surface area contributed by atoms with Crippen LogP contribution in [0.2, 0.25) is 0 Å². The van der Waals surface area contributed by atoms with E-state index in [0.717, 1.165) is 6.42 Å². The number of aliphatic hydroxyl groups excluding tert-OH is 1. The first-order valence-electron chi connectivity index (χ1n) is 7.07. The van der Waals surface area contributed by atoms with E-state index in [4.69, 9.17) is 0 Å². The molecule has 2 unspecified atom stereocenters. The van der Waals surface area contributed by atoms with Crippen LogP contribution in [0.1, 0.15) is 23.8 Å². The molecule has 2 heterocycles. The van der Waals surface area contributed by atoms with Gasteiger partial charge in [-0.25, -0.2) is 0 Å². The van der Waals surface area contributed by atoms with Gasteiger partial charge in [0.25, 0.3) is 11.6 Å². The smallest absolute Gasteiger partial charge is 0.275 e. The number of aromatic nitrogens is 2. The monoisotopic (exact) mass is 304 g/mol. The Kier molecular flexibility index (Phi) is 3.53. The van der Waals surface area contributed by atoms with E-state index in [2.05, 4.69) is 10.2 Å². The normalized spacial score (nSPS) is 19.5. The number of non-ortho nitro benzene ring substituents is 1. The fourth-order valence-electron chi connectivity index (χ4n) is 2.79. The molecule has 1 aromatic heterocycles. The van der Waals surface area contributed by atoms with E-state index in [9.17, 15) is 20.0 Å². The summed E-state index contributed by atoms with van der Waals surface area (Å²) in [5.41, 5.74) is 0.691. The van der Waals surface area contributed by atoms with Gasteiger partial charge in [0.05, 0.1) is 16.5 Å². The standard InChI is InChI=1S/C14H16N4O4/c1-8(19)9-4-5-17(7-9)14(20)13-11-6-10(18(21)22)2-3-12(11)15-16-13/h2-3,6,8-9,19H,4-5,7H2,1H3,(H,15,16). The van der Waals surface area contributed by atoms with Gasteiger partial charge in [0, 0.05) is 36.5 Å². The topological polar surface area (TPSA) is 112 Å². The maximum Gasteiger partial charge on any atom is 0.275 e. The molecule has 0 radical (unpaired) electrons. The van der Waals surface area contributed by atoms with Crippen molar-refractivity contribution in [3.05, 3.63) is 34.0 Å². The minimum atomic E-state index is -0.500. The molecule has 1 saturated heterocycles. The third-order valence-electron chi connectivity index (χ3n) is 4.15. The van der Waals surface area contributed by atoms with Crippen LogP contribution in [0.5, 0.6) is 0 Å². The molecule has 1 aliphatic rings. The van der Waals surface area contributed by atoms with Crippen LogP contribution < -0.4 is 0 Å². The van der Waals surface area contributed by atoms with E-state index in [0.29, 0.717) is 24.0 Å². The lowest BCUT2D eigenvalue weighted by molar-refractivity contribution is -0.384. The molecular weight excluding hydrogens is 288 g/mol. The van der Waals surface area contributed by atoms with Crippen molar-refractivity contribution >= 4 is 22.5 Å². The van der Waals surface area contributed by atoms with Gasteiger partial charge in [-0.05, 0) is 19.4 Å². The average Bonchev–Trinajstić information content (AvgIpc) is 3.13. The number of hydrogen-bond donors (Lipinski definition) is 2. The van der Waals surface area contributed by atoms with Gasteiger partial charge in [0.1, 0.15) is 0 Å². The Morgan fingerprint density at radius 1 is 1.59 bits per heavy atom. The summed E-state index contributed by atoms with van der Waals surface area (Å²) in [5, 5.41) is 27.7. The summed E-state index contributed by atoms with van der Waals surface area (Å²) in [6, 6.07) is 4.27. The number of nitro benzene ring substituents is 1. The van der Waals surface area contributed by atoms with E-state index in [-0.39, 0.29) is 23.2 Å². The zero-order chi connectivity index (χ0) is 15.9. The highest BCUT2D eigenvalue weighted by atomic mass is 16.6. The highest BCUT2D eigenvalue weighted by molar-refractivity contribution is 6.05. The molecule has 0 spiro atoms. The van der Waals surface area contributed by atoms with Gasteiger partial charge in [-0.2, -0.15) is 5.10 Å². The first kappa shape index (κ1) is 14.5. The highest BCUT2D eigenvalue weighted by Gasteiger charge is 2.31. The third-order valence-corrected chi connectivity index (χ3v) is 4.15. The molecule has 1 aromatic carbocycles. The number of H-pyrrole nitrogens is 1. The number of fused-ring (bicyclic) bond motifs is 1. The molecular formula is C14H16N4O4. The average molecular weight is 304 g/mol. The molecule has 1 fully saturated rings. The first-order chi connectivity index (χ1) is 10.5. The number of likely N-dealkylation sites (tertiary alicyclic amines) is 1. The second-order valence-electron chi connectivity index (χ2n) is 5.60. The highest BCUT2D eigenvalue weighted by Crippen LogP contribution is 2.26. The van der Waals surface area contributed by atoms with Crippen molar-refractivity contribution in [2.45, 2.75) is 19.4 Å². The summed E-state index contributed by atoms with van der Waals surface area (Å²) in [6.45, 7) is 2.74. The number of nitrogens with zero attached hydrogens (tertiary/aromatic N) is 3. The lowest BCUT2D eigenvalue weighted by Crippen LogP contribution is -2.30. The van der Waals surface area contributed by atoms with Crippen molar-refractivity contribution in [3.8, 4) is 0 Å². The third kappa shape index (κ3) is 2.41. The largest absolute Gasteiger partial charge is 0.393 e. The summed E-state index contributed by atoms with van der Waals surface area (Å²) in [4.78, 5) is 24.6. The summed E-state index contributed by atoms with van der Waals surface area (Å²) in [7, 11) is 0. The Labute approximate surface area is 125 Å². The predicted octanol–water partition coefficient (Wildman–Crippen LogP) is 1.31. The predicted molar refractivity (Wildman–Crippen MR) is 78.4 cm³/mol. The van der Waals surface area contributed by atoms with E-state index in [1.165, 1.54) is 12.1 Å². The van der Waals surface area contributed by atoms with Crippen LogP contribution >= 0.6 is 0 Å². The van der Waals surface area contributed by atoms with Crippen LogP contribution in [0.4, 0.5) is 5.69 Å². The quantitative estimate of drug-likeness (QED) is 0.656. The Hall–Kier alpha value is -2.48. The van der Waals surface area contributed by atoms with Gasteiger partial charge in [-0.1, -0.05) is 0 Å². The molecule has 2 N–H and O–H groups in total. The van der Waals surface area contributed by atoms with Crippen molar-refractivity contribution in [2.24, 2.45) is 5.92 Å². The summed E-state index contributed by atoms with van der Waals surface area (Å²) < 4.78 is 0. The van der Waals surface area contributed by atoms with Gasteiger partial charge < -0.3 is 10.0 Å². The molecule has 0 bridgehead atoms. The first-order valence-corrected chi connectivity index (χ1v) is 7.07. The van der Waals surface area contributed by atoms with Crippen LogP contribution in [0.15, 0.2) is 18.2 Å². The van der Waals surface area contributed by atoms with Crippen LogP contribution in [0.3, 0.4) is 0 Å². The van der Waals surface area contributed by atoms with Gasteiger partial charge in [-0.3, -0.25) is 20.0 Å². The number of benzene rings is 1. The fourth-order valence-corrected chi connectivity index (χ4v) is 2.79. The number of nitro groups is 1. The number of amides is 1. The number of carbonyl (C=O) groups is 1. The second-order valence-corrected chi connectivity index (χ2v) is 5.60. The van der Waals surface area contributed by atoms with E-state index in [1.807, 2.05) is 0 Å². The molecule has 0 aliphatic carbocycles. The maximum atomic E-state index is 12.6. The molecule has 2 atom stereocenters. The number of rotatable bonds is 3. The molecule has 8 heteroatoms. The SMILES string of the molecule is CC(O)C1CCN(C(=O)c2n[nH]c3ccc([N+](=O)[O-])cc23)C1. The Morgan fingerprint density at radius 2 is 2.36 bits per heavy atom. The number of aliphatic hydroxyl groups is 1. The summed E-state index contributed by atoms with van der Waals surface area (Å²) in [6.07, 6.45) is 0.279. The molecule has 2 aromatic rings. The number of hydrogen-bond acceptors (Lipinski definition) is 5. The number of nitrogens with one attached hydrogen (secondary N) is 1. The van der Waals surface area contributed by atoms with E-state index in [1.54, 1.807) is 17.9 Å². The van der Waals surface area contributed by atoms with E-state index >= 15 is 0 Å². The summed E-state index contributed by atoms with van der Waals surface area (Å²) in [5.74, 6) is -0.210. The molecule has 3 rings (SSSR count). The second kappa shape index (κ2) is 5.38. The molecule has 1 amide bonds. The van der Waals surface area contributed by atoms with Crippen LogP contribution in [0, 0.1) is 16.0 Å². The van der Waals surface area contributed by atoms with Crippen LogP contribution in [-0.4, -0.2) is 50.2 Å². The lowest BCUT2D eigenvalue weighted by Gasteiger charge is -2.16. The van der Waals surface area contributed by atoms with Crippen LogP contribution in [0.25, 0.3) is 10.9 Å². The minimum Gasteiger partial charge on any atom is -0.393 e. The molecule has 1 aliphatic heterocycles. The minimum absolute atomic E-state index is 0.0588. The van der Waals surface area contributed by atoms with Gasteiger partial charge in [0.2, 0.25) is 0 Å². The molecule has 0 saturated carbocycles. The Balaban J connectivity index is 1.91. The van der Waals surface area contributed by atoms with E-state index < -0.39 is 11.0 Å². The zero-order valence-corrected chi connectivity index (χ0v) is 12.0.